The molecular weight excluding hydrogens is 544 g/mol. The molecule has 216 valence electrons. The van der Waals surface area contributed by atoms with Crippen molar-refractivity contribution in [2.45, 2.75) is 32.2 Å². The Hall–Kier alpha value is -5.65. The Balaban J connectivity index is 1.38. The van der Waals surface area contributed by atoms with E-state index in [1.54, 1.807) is 48.5 Å². The first-order chi connectivity index (χ1) is 20.3. The molecule has 0 unspecified atom stereocenters. The van der Waals surface area contributed by atoms with E-state index in [-0.39, 0.29) is 18.7 Å². The number of benzene rings is 3. The number of rotatable bonds is 12. The largest absolute Gasteiger partial charge is 0.516 e. The van der Waals surface area contributed by atoms with Gasteiger partial charge in [-0.2, -0.15) is 5.10 Å². The van der Waals surface area contributed by atoms with Crippen molar-refractivity contribution in [2.24, 2.45) is 0 Å². The van der Waals surface area contributed by atoms with Gasteiger partial charge in [-0.25, -0.2) is 14.4 Å². The maximum atomic E-state index is 12.9. The second kappa shape index (κ2) is 14.7. The van der Waals surface area contributed by atoms with Gasteiger partial charge < -0.3 is 30.0 Å². The van der Waals surface area contributed by atoms with E-state index in [1.807, 2.05) is 36.4 Å². The highest BCUT2D eigenvalue weighted by molar-refractivity contribution is 5.94. The molecule has 1 heterocycles. The monoisotopic (exact) mass is 572 g/mol. The zero-order valence-corrected chi connectivity index (χ0v) is 22.3. The maximum absolute atomic E-state index is 12.9. The highest BCUT2D eigenvalue weighted by Crippen LogP contribution is 2.16. The number of anilines is 1. The molecule has 0 aliphatic rings. The Kier molecular flexibility index (Phi) is 10.2. The van der Waals surface area contributed by atoms with E-state index in [1.165, 1.54) is 12.4 Å². The third-order valence-corrected chi connectivity index (χ3v) is 5.77. The fourth-order valence-electron chi connectivity index (χ4n) is 3.77. The van der Waals surface area contributed by atoms with Crippen LogP contribution in [0.15, 0.2) is 97.3 Å². The molecule has 0 saturated heterocycles. The molecule has 3 aromatic carbocycles. The lowest BCUT2D eigenvalue weighted by Gasteiger charge is -2.17. The van der Waals surface area contributed by atoms with Gasteiger partial charge in [0.15, 0.2) is 0 Å². The molecule has 0 radical (unpaired) electrons. The van der Waals surface area contributed by atoms with Crippen molar-refractivity contribution in [3.8, 4) is 5.75 Å². The average Bonchev–Trinajstić information content (AvgIpc) is 3.42. The fourth-order valence-corrected chi connectivity index (χ4v) is 3.77. The van der Waals surface area contributed by atoms with Crippen LogP contribution in [0.4, 0.5) is 15.3 Å². The third kappa shape index (κ3) is 9.52. The minimum atomic E-state index is -1.28. The number of carboxylic acids is 1. The number of ether oxygens (including phenoxy) is 3. The molecule has 3 N–H and O–H groups in total. The number of hydrogen-bond acceptors (Lipinski definition) is 8. The normalized spacial score (nSPS) is 11.1. The van der Waals surface area contributed by atoms with Gasteiger partial charge in [-0.1, -0.05) is 72.8 Å². The zero-order valence-electron chi connectivity index (χ0n) is 22.3. The lowest BCUT2D eigenvalue weighted by molar-refractivity contribution is -0.142. The van der Waals surface area contributed by atoms with Crippen LogP contribution < -0.4 is 15.4 Å². The Morgan fingerprint density at radius 2 is 1.48 bits per heavy atom. The lowest BCUT2D eigenvalue weighted by atomic mass is 10.1. The summed E-state index contributed by atoms with van der Waals surface area (Å²) in [5.41, 5.74) is 2.56. The van der Waals surface area contributed by atoms with Crippen molar-refractivity contribution in [1.29, 1.82) is 0 Å². The number of nitrogens with one attached hydrogen (secondary N) is 2. The first-order valence-corrected chi connectivity index (χ1v) is 12.8. The number of carbonyl (C=O) groups excluding carboxylic acids is 3. The molecular formula is C30H28N4O8. The maximum Gasteiger partial charge on any atom is 0.516 e. The molecule has 42 heavy (non-hydrogen) atoms. The number of carbonyl (C=O) groups is 4. The molecule has 0 aliphatic carbocycles. The van der Waals surface area contributed by atoms with Crippen molar-refractivity contribution >= 4 is 29.8 Å². The van der Waals surface area contributed by atoms with Crippen molar-refractivity contribution < 1.29 is 38.5 Å². The van der Waals surface area contributed by atoms with E-state index in [4.69, 9.17) is 19.3 Å². The van der Waals surface area contributed by atoms with Crippen LogP contribution in [0.25, 0.3) is 0 Å². The molecule has 0 saturated carbocycles. The summed E-state index contributed by atoms with van der Waals surface area (Å²) < 4.78 is 16.8. The van der Waals surface area contributed by atoms with E-state index < -0.39 is 36.7 Å². The van der Waals surface area contributed by atoms with Crippen LogP contribution in [0.2, 0.25) is 0 Å². The van der Waals surface area contributed by atoms with Gasteiger partial charge in [-0.3, -0.25) is 9.48 Å². The van der Waals surface area contributed by atoms with Gasteiger partial charge in [0, 0.05) is 12.6 Å². The molecule has 1 aromatic heterocycles. The first-order valence-electron chi connectivity index (χ1n) is 12.8. The number of hydrogen-bond donors (Lipinski definition) is 3. The fraction of sp³-hybridized carbons (Fsp3) is 0.167. The standard InChI is InChI=1S/C30H28N4O8/c35-27(36)18-34-17-24(16-31-34)32-29(38)33-26(28(37)42-30(39)41-20-23-9-5-2-6-10-23)15-21-11-13-25(14-12-21)40-19-22-7-3-1-4-8-22/h1-14,16-17,26H,15,18-20H2,(H,35,36)(H2,32,33,38)/t26-/m0/s1. The highest BCUT2D eigenvalue weighted by atomic mass is 16.7. The van der Waals surface area contributed by atoms with Gasteiger partial charge in [-0.05, 0) is 28.8 Å². The minimum absolute atomic E-state index is 0.0184. The number of amides is 2. The van der Waals surface area contributed by atoms with Gasteiger partial charge in [0.05, 0.1) is 11.9 Å². The topological polar surface area (TPSA) is 158 Å². The molecule has 0 fully saturated rings. The smallest absolute Gasteiger partial charge is 0.489 e. The van der Waals surface area contributed by atoms with Crippen molar-refractivity contribution in [1.82, 2.24) is 15.1 Å². The molecule has 4 rings (SSSR count). The second-order valence-corrected chi connectivity index (χ2v) is 9.04. The minimum Gasteiger partial charge on any atom is -0.489 e. The zero-order chi connectivity index (χ0) is 29.7. The van der Waals surface area contributed by atoms with Gasteiger partial charge in [0.2, 0.25) is 0 Å². The van der Waals surface area contributed by atoms with Crippen molar-refractivity contribution in [3.05, 3.63) is 114 Å². The van der Waals surface area contributed by atoms with Gasteiger partial charge in [0.1, 0.15) is 31.5 Å². The van der Waals surface area contributed by atoms with Crippen molar-refractivity contribution in [2.75, 3.05) is 5.32 Å². The van der Waals surface area contributed by atoms with Crippen molar-refractivity contribution in [3.63, 3.8) is 0 Å². The molecule has 12 nitrogen and oxygen atoms in total. The van der Waals surface area contributed by atoms with Gasteiger partial charge in [0.25, 0.3) is 0 Å². The molecule has 0 spiro atoms. The van der Waals surface area contributed by atoms with Gasteiger partial charge >= 0.3 is 24.1 Å². The van der Waals surface area contributed by atoms with E-state index in [2.05, 4.69) is 15.7 Å². The molecule has 0 aliphatic heterocycles. The third-order valence-electron chi connectivity index (χ3n) is 5.77. The molecule has 12 heteroatoms. The summed E-state index contributed by atoms with van der Waals surface area (Å²) in [5, 5.41) is 17.7. The Bertz CT molecular complexity index is 1490. The number of esters is 1. The van der Waals surface area contributed by atoms with E-state index in [0.717, 1.165) is 10.2 Å². The van der Waals surface area contributed by atoms with E-state index in [9.17, 15) is 19.2 Å². The number of urea groups is 1. The summed E-state index contributed by atoms with van der Waals surface area (Å²) in [4.78, 5) is 48.7. The summed E-state index contributed by atoms with van der Waals surface area (Å²) in [6.45, 7) is -0.115. The van der Waals surface area contributed by atoms with Crippen LogP contribution in [-0.2, 0) is 45.2 Å². The van der Waals surface area contributed by atoms with Crippen LogP contribution in [0.1, 0.15) is 16.7 Å². The van der Waals surface area contributed by atoms with Crippen LogP contribution in [-0.4, -0.2) is 45.1 Å². The quantitative estimate of drug-likeness (QED) is 0.167. The van der Waals surface area contributed by atoms with Gasteiger partial charge in [-0.15, -0.1) is 0 Å². The summed E-state index contributed by atoms with van der Waals surface area (Å²) >= 11 is 0. The van der Waals surface area contributed by atoms with Crippen LogP contribution >= 0.6 is 0 Å². The Morgan fingerprint density at radius 3 is 2.12 bits per heavy atom. The van der Waals surface area contributed by atoms with Crippen LogP contribution in [0.3, 0.4) is 0 Å². The van der Waals surface area contributed by atoms with E-state index in [0.29, 0.717) is 23.5 Å². The highest BCUT2D eigenvalue weighted by Gasteiger charge is 2.26. The number of aromatic nitrogens is 2. The Labute approximate surface area is 240 Å². The number of aliphatic carboxylic acids is 1. The molecule has 0 bridgehead atoms. The molecule has 2 amide bonds. The predicted molar refractivity (Wildman–Crippen MR) is 149 cm³/mol. The lowest BCUT2D eigenvalue weighted by Crippen LogP contribution is -2.45. The first kappa shape index (κ1) is 29.3. The summed E-state index contributed by atoms with van der Waals surface area (Å²) in [6, 6.07) is 23.3. The van der Waals surface area contributed by atoms with Crippen LogP contribution in [0.5, 0.6) is 5.75 Å². The second-order valence-electron chi connectivity index (χ2n) is 9.04. The number of nitrogens with zero attached hydrogens (tertiary/aromatic N) is 2. The number of carboxylic acid groups (broad SMARTS) is 1. The summed E-state index contributed by atoms with van der Waals surface area (Å²) in [6.07, 6.45) is 1.34. The van der Waals surface area contributed by atoms with E-state index >= 15 is 0 Å². The van der Waals surface area contributed by atoms with Crippen LogP contribution in [0, 0.1) is 0 Å². The SMILES string of the molecule is O=C(O)Cn1cc(NC(=O)N[C@@H](Cc2ccc(OCc3ccccc3)cc2)C(=O)OC(=O)OCc2ccccc2)cn1. The Morgan fingerprint density at radius 1 is 0.833 bits per heavy atom. The molecule has 1 atom stereocenters. The summed E-state index contributed by atoms with van der Waals surface area (Å²) in [7, 11) is 0. The molecule has 4 aromatic rings. The predicted octanol–water partition coefficient (Wildman–Crippen LogP) is 4.16. The summed E-state index contributed by atoms with van der Waals surface area (Å²) in [5.74, 6) is -1.53. The average molecular weight is 573 g/mol.